The second kappa shape index (κ2) is 6.75. The number of likely N-dealkylation sites (tertiary alicyclic amines) is 1. The van der Waals surface area contributed by atoms with E-state index in [0.29, 0.717) is 11.6 Å². The number of pyridine rings is 1. The third kappa shape index (κ3) is 3.31. The van der Waals surface area contributed by atoms with Crippen LogP contribution in [0.15, 0.2) is 24.4 Å². The van der Waals surface area contributed by atoms with Crippen molar-refractivity contribution in [1.82, 2.24) is 9.88 Å². The molecule has 3 rings (SSSR count). The number of carbonyl (C=O) groups excluding carboxylic acids is 1. The minimum absolute atomic E-state index is 0.0122. The van der Waals surface area contributed by atoms with Crippen LogP contribution >= 0.6 is 0 Å². The van der Waals surface area contributed by atoms with Crippen molar-refractivity contribution in [1.29, 1.82) is 0 Å². The Hall–Kier alpha value is -1.46. The predicted octanol–water partition coefficient (Wildman–Crippen LogP) is 1.87. The predicted molar refractivity (Wildman–Crippen MR) is 82.5 cm³/mol. The van der Waals surface area contributed by atoms with Gasteiger partial charge in [0.2, 0.25) is 0 Å². The first-order valence-electron chi connectivity index (χ1n) is 8.18. The fourth-order valence-corrected chi connectivity index (χ4v) is 3.68. The third-order valence-corrected chi connectivity index (χ3v) is 4.98. The molecule has 0 saturated carbocycles. The van der Waals surface area contributed by atoms with Crippen molar-refractivity contribution in [3.63, 3.8) is 0 Å². The SMILES string of the molecule is O=C(c1ccccn1)N1CCC2(CC1)CC(CCO)CCO2. The summed E-state index contributed by atoms with van der Waals surface area (Å²) in [6.07, 6.45) is 6.34. The first-order valence-corrected chi connectivity index (χ1v) is 8.18. The van der Waals surface area contributed by atoms with Crippen molar-refractivity contribution < 1.29 is 14.6 Å². The summed E-state index contributed by atoms with van der Waals surface area (Å²) in [5.41, 5.74) is 0.431. The molecule has 2 aliphatic rings. The molecular weight excluding hydrogens is 280 g/mol. The maximum absolute atomic E-state index is 12.4. The quantitative estimate of drug-likeness (QED) is 0.926. The minimum atomic E-state index is -0.0843. The van der Waals surface area contributed by atoms with Gasteiger partial charge in [-0.25, -0.2) is 0 Å². The highest BCUT2D eigenvalue weighted by molar-refractivity contribution is 5.92. The van der Waals surface area contributed by atoms with E-state index in [1.54, 1.807) is 12.3 Å². The van der Waals surface area contributed by atoms with Crippen LogP contribution < -0.4 is 0 Å². The van der Waals surface area contributed by atoms with Crippen LogP contribution in [0.2, 0.25) is 0 Å². The van der Waals surface area contributed by atoms with E-state index in [2.05, 4.69) is 4.98 Å². The normalized spacial score (nSPS) is 24.4. The molecule has 0 radical (unpaired) electrons. The molecule has 22 heavy (non-hydrogen) atoms. The Bertz CT molecular complexity index is 496. The molecule has 2 saturated heterocycles. The molecule has 120 valence electrons. The van der Waals surface area contributed by atoms with Crippen LogP contribution in [0.25, 0.3) is 0 Å². The molecule has 5 nitrogen and oxygen atoms in total. The van der Waals surface area contributed by atoms with Crippen molar-refractivity contribution >= 4 is 5.91 Å². The number of amides is 1. The van der Waals surface area contributed by atoms with Crippen molar-refractivity contribution in [2.24, 2.45) is 5.92 Å². The molecule has 1 N–H and O–H groups in total. The summed E-state index contributed by atoms with van der Waals surface area (Å²) in [6.45, 7) is 2.48. The van der Waals surface area contributed by atoms with E-state index in [1.165, 1.54) is 0 Å². The first kappa shape index (κ1) is 15.4. The lowest BCUT2D eigenvalue weighted by Crippen LogP contribution is -2.51. The van der Waals surface area contributed by atoms with Crippen LogP contribution in [-0.2, 0) is 4.74 Å². The van der Waals surface area contributed by atoms with Gasteiger partial charge in [0.1, 0.15) is 5.69 Å². The summed E-state index contributed by atoms with van der Waals surface area (Å²) in [7, 11) is 0. The van der Waals surface area contributed by atoms with E-state index in [9.17, 15) is 4.79 Å². The number of aromatic nitrogens is 1. The monoisotopic (exact) mass is 304 g/mol. The molecule has 2 aliphatic heterocycles. The topological polar surface area (TPSA) is 62.7 Å². The maximum Gasteiger partial charge on any atom is 0.272 e. The highest BCUT2D eigenvalue weighted by Crippen LogP contribution is 2.38. The van der Waals surface area contributed by atoms with E-state index >= 15 is 0 Å². The summed E-state index contributed by atoms with van der Waals surface area (Å²) in [5, 5.41) is 9.15. The molecule has 2 fully saturated rings. The van der Waals surface area contributed by atoms with Crippen LogP contribution in [0.4, 0.5) is 0 Å². The number of piperidine rings is 1. The van der Waals surface area contributed by atoms with Crippen LogP contribution in [-0.4, -0.2) is 52.8 Å². The lowest BCUT2D eigenvalue weighted by atomic mass is 9.78. The molecule has 1 amide bonds. The third-order valence-electron chi connectivity index (χ3n) is 4.98. The van der Waals surface area contributed by atoms with Crippen LogP contribution in [0.1, 0.15) is 42.6 Å². The highest BCUT2D eigenvalue weighted by atomic mass is 16.5. The van der Waals surface area contributed by atoms with Gasteiger partial charge in [0.15, 0.2) is 0 Å². The van der Waals surface area contributed by atoms with E-state index in [4.69, 9.17) is 9.84 Å². The number of nitrogens with zero attached hydrogens (tertiary/aromatic N) is 2. The summed E-state index contributed by atoms with van der Waals surface area (Å²) < 4.78 is 6.08. The van der Waals surface area contributed by atoms with Gasteiger partial charge in [0.05, 0.1) is 5.60 Å². The number of ether oxygens (including phenoxy) is 1. The van der Waals surface area contributed by atoms with Crippen LogP contribution in [0, 0.1) is 5.92 Å². The molecule has 1 unspecified atom stereocenters. The van der Waals surface area contributed by atoms with Crippen molar-refractivity contribution in [3.05, 3.63) is 30.1 Å². The zero-order valence-corrected chi connectivity index (χ0v) is 12.9. The number of hydrogen-bond acceptors (Lipinski definition) is 4. The average molecular weight is 304 g/mol. The van der Waals surface area contributed by atoms with Gasteiger partial charge in [-0.3, -0.25) is 9.78 Å². The maximum atomic E-state index is 12.4. The summed E-state index contributed by atoms with van der Waals surface area (Å²) in [4.78, 5) is 18.5. The minimum Gasteiger partial charge on any atom is -0.396 e. The molecule has 3 heterocycles. The smallest absolute Gasteiger partial charge is 0.272 e. The number of aliphatic hydroxyl groups excluding tert-OH is 1. The Morgan fingerprint density at radius 2 is 2.23 bits per heavy atom. The zero-order chi connectivity index (χ0) is 15.4. The fourth-order valence-electron chi connectivity index (χ4n) is 3.68. The lowest BCUT2D eigenvalue weighted by molar-refractivity contribution is -0.125. The first-order chi connectivity index (χ1) is 10.7. The molecule has 1 aromatic heterocycles. The molecule has 0 aliphatic carbocycles. The number of carbonyl (C=O) groups is 1. The van der Waals surface area contributed by atoms with Gasteiger partial charge in [-0.05, 0) is 50.2 Å². The van der Waals surface area contributed by atoms with Crippen LogP contribution in [0.3, 0.4) is 0 Å². The largest absolute Gasteiger partial charge is 0.396 e. The Labute approximate surface area is 131 Å². The fraction of sp³-hybridized carbons (Fsp3) is 0.647. The Balaban J connectivity index is 1.59. The van der Waals surface area contributed by atoms with E-state index in [1.807, 2.05) is 17.0 Å². The summed E-state index contributed by atoms with van der Waals surface area (Å²) in [6, 6.07) is 5.43. The standard InChI is InChI=1S/C17H24N2O3/c20-11-4-14-5-12-22-17(13-14)6-9-19(10-7-17)16(21)15-3-1-2-8-18-15/h1-3,8,14,20H,4-7,9-13H2. The highest BCUT2D eigenvalue weighted by Gasteiger charge is 2.41. The molecule has 1 spiro atoms. The lowest BCUT2D eigenvalue weighted by Gasteiger charge is -2.46. The van der Waals surface area contributed by atoms with Gasteiger partial charge in [0, 0.05) is 32.5 Å². The number of rotatable bonds is 3. The Morgan fingerprint density at radius 1 is 1.41 bits per heavy atom. The molecule has 1 atom stereocenters. The Morgan fingerprint density at radius 3 is 2.91 bits per heavy atom. The zero-order valence-electron chi connectivity index (χ0n) is 12.9. The number of aliphatic hydroxyl groups is 1. The van der Waals surface area contributed by atoms with Gasteiger partial charge < -0.3 is 14.7 Å². The van der Waals surface area contributed by atoms with E-state index in [-0.39, 0.29) is 18.1 Å². The number of hydrogen-bond donors (Lipinski definition) is 1. The second-order valence-corrected chi connectivity index (χ2v) is 6.41. The van der Waals surface area contributed by atoms with Crippen molar-refractivity contribution in [2.75, 3.05) is 26.3 Å². The van der Waals surface area contributed by atoms with E-state index < -0.39 is 0 Å². The molecule has 0 aromatic carbocycles. The van der Waals surface area contributed by atoms with E-state index in [0.717, 1.165) is 51.8 Å². The second-order valence-electron chi connectivity index (χ2n) is 6.41. The molecular formula is C17H24N2O3. The molecule has 0 bridgehead atoms. The van der Waals surface area contributed by atoms with Gasteiger partial charge in [0.25, 0.3) is 5.91 Å². The van der Waals surface area contributed by atoms with Crippen LogP contribution in [0.5, 0.6) is 0 Å². The Kier molecular flexibility index (Phi) is 4.74. The average Bonchev–Trinajstić information content (AvgIpc) is 2.56. The summed E-state index contributed by atoms with van der Waals surface area (Å²) >= 11 is 0. The van der Waals surface area contributed by atoms with Crippen molar-refractivity contribution in [3.8, 4) is 0 Å². The molecule has 5 heteroatoms. The van der Waals surface area contributed by atoms with Crippen molar-refractivity contribution in [2.45, 2.75) is 37.7 Å². The summed E-state index contributed by atoms with van der Waals surface area (Å²) in [5.74, 6) is 0.565. The van der Waals surface area contributed by atoms with Gasteiger partial charge in [-0.2, -0.15) is 0 Å². The molecule has 1 aromatic rings. The van der Waals surface area contributed by atoms with Gasteiger partial charge in [-0.15, -0.1) is 0 Å². The van der Waals surface area contributed by atoms with Gasteiger partial charge in [-0.1, -0.05) is 6.07 Å². The van der Waals surface area contributed by atoms with Gasteiger partial charge >= 0.3 is 0 Å².